The van der Waals surface area contributed by atoms with E-state index >= 15 is 0 Å². The summed E-state index contributed by atoms with van der Waals surface area (Å²) >= 11 is 5.71. The Bertz CT molecular complexity index is 597. The van der Waals surface area contributed by atoms with Gasteiger partial charge in [-0.15, -0.1) is 0 Å². The molecule has 0 spiro atoms. The van der Waals surface area contributed by atoms with E-state index in [4.69, 9.17) is 11.6 Å². The quantitative estimate of drug-likeness (QED) is 0.816. The Morgan fingerprint density at radius 1 is 1.05 bits per heavy atom. The second kappa shape index (κ2) is 6.38. The maximum Gasteiger partial charge on any atom is 0.142 e. The second-order valence-corrected chi connectivity index (χ2v) is 5.55. The monoisotopic (exact) mass is 291 g/mol. The van der Waals surface area contributed by atoms with E-state index in [2.05, 4.69) is 31.3 Å². The first kappa shape index (κ1) is 15.0. The number of hydrogen-bond acceptors (Lipinski definition) is 1. The fourth-order valence-corrected chi connectivity index (χ4v) is 2.53. The molecule has 0 bridgehead atoms. The summed E-state index contributed by atoms with van der Waals surface area (Å²) < 4.78 is 13.5. The van der Waals surface area contributed by atoms with Crippen LogP contribution in [0.2, 0.25) is 5.02 Å². The molecular weight excluding hydrogens is 273 g/mol. The first-order valence-corrected chi connectivity index (χ1v) is 7.13. The minimum atomic E-state index is -0.374. The van der Waals surface area contributed by atoms with Crippen LogP contribution in [0.15, 0.2) is 42.5 Å². The van der Waals surface area contributed by atoms with E-state index in [0.29, 0.717) is 0 Å². The largest absolute Gasteiger partial charge is 0.304 e. The average molecular weight is 292 g/mol. The summed E-state index contributed by atoms with van der Waals surface area (Å²) in [6.07, 6.45) is 0. The van der Waals surface area contributed by atoms with Crippen LogP contribution in [-0.2, 0) is 0 Å². The maximum absolute atomic E-state index is 13.5. The lowest BCUT2D eigenvalue weighted by Gasteiger charge is -2.22. The summed E-state index contributed by atoms with van der Waals surface area (Å²) in [7, 11) is 0. The van der Waals surface area contributed by atoms with E-state index in [1.54, 1.807) is 6.07 Å². The Labute approximate surface area is 124 Å². The summed E-state index contributed by atoms with van der Waals surface area (Å²) in [6, 6.07) is 13.5. The van der Waals surface area contributed by atoms with Crippen molar-refractivity contribution in [1.29, 1.82) is 0 Å². The van der Waals surface area contributed by atoms with Gasteiger partial charge in [0.1, 0.15) is 5.82 Å². The third kappa shape index (κ3) is 3.38. The summed E-state index contributed by atoms with van der Waals surface area (Å²) in [5.74, 6) is -0.374. The van der Waals surface area contributed by atoms with E-state index in [0.717, 1.165) is 5.56 Å². The van der Waals surface area contributed by atoms with Crippen molar-refractivity contribution in [3.63, 3.8) is 0 Å². The second-order valence-electron chi connectivity index (χ2n) is 5.14. The van der Waals surface area contributed by atoms with Gasteiger partial charge in [-0.3, -0.25) is 0 Å². The molecular formula is C17H19ClFN. The molecule has 106 valence electrons. The predicted molar refractivity (Wildman–Crippen MR) is 82.6 cm³/mol. The van der Waals surface area contributed by atoms with Gasteiger partial charge < -0.3 is 5.32 Å². The maximum atomic E-state index is 13.5. The van der Waals surface area contributed by atoms with Gasteiger partial charge in [0.25, 0.3) is 0 Å². The molecule has 1 N–H and O–H groups in total. The number of aryl methyl sites for hydroxylation is 1. The molecule has 20 heavy (non-hydrogen) atoms. The number of benzene rings is 2. The van der Waals surface area contributed by atoms with Gasteiger partial charge in [0, 0.05) is 12.1 Å². The van der Waals surface area contributed by atoms with Gasteiger partial charge in [-0.25, -0.2) is 4.39 Å². The fourth-order valence-electron chi connectivity index (χ4n) is 2.42. The van der Waals surface area contributed by atoms with Crippen LogP contribution in [0.3, 0.4) is 0 Å². The molecule has 0 radical (unpaired) electrons. The van der Waals surface area contributed by atoms with Gasteiger partial charge >= 0.3 is 0 Å². The first-order chi connectivity index (χ1) is 9.49. The molecule has 1 nitrogen and oxygen atoms in total. The van der Waals surface area contributed by atoms with Crippen molar-refractivity contribution in [2.45, 2.75) is 32.9 Å². The van der Waals surface area contributed by atoms with Crippen LogP contribution in [0.25, 0.3) is 0 Å². The Balaban J connectivity index is 2.13. The SMILES string of the molecule is Cc1ccccc1C(C)NC(C)c1ccc(Cl)c(F)c1. The van der Waals surface area contributed by atoms with Crippen LogP contribution >= 0.6 is 11.6 Å². The van der Waals surface area contributed by atoms with E-state index in [-0.39, 0.29) is 22.9 Å². The lowest BCUT2D eigenvalue weighted by molar-refractivity contribution is 0.490. The van der Waals surface area contributed by atoms with Crippen molar-refractivity contribution >= 4 is 11.6 Å². The molecule has 2 unspecified atom stereocenters. The molecule has 2 rings (SSSR count). The van der Waals surface area contributed by atoms with Crippen LogP contribution in [0.1, 0.15) is 42.6 Å². The van der Waals surface area contributed by atoms with Gasteiger partial charge in [0.05, 0.1) is 5.02 Å². The normalized spacial score (nSPS) is 14.1. The standard InChI is InChI=1S/C17H19ClFN/c1-11-6-4-5-7-15(11)13(3)20-12(2)14-8-9-16(18)17(19)10-14/h4-10,12-13,20H,1-3H3. The number of hydrogen-bond donors (Lipinski definition) is 1. The van der Waals surface area contributed by atoms with Crippen LogP contribution in [0, 0.1) is 12.7 Å². The third-order valence-corrected chi connectivity index (χ3v) is 3.91. The number of nitrogens with one attached hydrogen (secondary N) is 1. The van der Waals surface area contributed by atoms with Crippen LogP contribution in [-0.4, -0.2) is 0 Å². The fraction of sp³-hybridized carbons (Fsp3) is 0.294. The Morgan fingerprint density at radius 3 is 2.40 bits per heavy atom. The molecule has 2 atom stereocenters. The highest BCUT2D eigenvalue weighted by molar-refractivity contribution is 6.30. The van der Waals surface area contributed by atoms with E-state index in [9.17, 15) is 4.39 Å². The molecule has 0 heterocycles. The van der Waals surface area contributed by atoms with Crippen LogP contribution in [0.5, 0.6) is 0 Å². The molecule has 3 heteroatoms. The molecule has 0 aromatic heterocycles. The van der Waals surface area contributed by atoms with Gasteiger partial charge in [-0.05, 0) is 49.6 Å². The van der Waals surface area contributed by atoms with Crippen molar-refractivity contribution in [3.8, 4) is 0 Å². The summed E-state index contributed by atoms with van der Waals surface area (Å²) in [6.45, 7) is 6.24. The molecule has 2 aromatic carbocycles. The lowest BCUT2D eigenvalue weighted by Crippen LogP contribution is -2.23. The smallest absolute Gasteiger partial charge is 0.142 e. The Hall–Kier alpha value is -1.38. The minimum Gasteiger partial charge on any atom is -0.304 e. The molecule has 0 aliphatic rings. The molecule has 0 saturated heterocycles. The molecule has 0 aliphatic heterocycles. The van der Waals surface area contributed by atoms with Crippen molar-refractivity contribution in [2.24, 2.45) is 0 Å². The average Bonchev–Trinajstić information content (AvgIpc) is 2.42. The summed E-state index contributed by atoms with van der Waals surface area (Å²) in [5.41, 5.74) is 3.41. The zero-order valence-corrected chi connectivity index (χ0v) is 12.7. The van der Waals surface area contributed by atoms with Crippen molar-refractivity contribution in [1.82, 2.24) is 5.32 Å². The highest BCUT2D eigenvalue weighted by Crippen LogP contribution is 2.24. The van der Waals surface area contributed by atoms with Crippen LogP contribution in [0.4, 0.5) is 4.39 Å². The molecule has 0 aliphatic carbocycles. The molecule has 0 amide bonds. The number of halogens is 2. The lowest BCUT2D eigenvalue weighted by atomic mass is 10.0. The number of rotatable bonds is 4. The summed E-state index contributed by atoms with van der Waals surface area (Å²) in [5, 5.41) is 3.65. The highest BCUT2D eigenvalue weighted by Gasteiger charge is 2.13. The van der Waals surface area contributed by atoms with E-state index in [1.807, 2.05) is 25.1 Å². The zero-order chi connectivity index (χ0) is 14.7. The van der Waals surface area contributed by atoms with Gasteiger partial charge in [0.15, 0.2) is 0 Å². The van der Waals surface area contributed by atoms with Gasteiger partial charge in [-0.1, -0.05) is 41.9 Å². The molecule has 0 saturated carbocycles. The molecule has 2 aromatic rings. The van der Waals surface area contributed by atoms with Crippen LogP contribution < -0.4 is 5.32 Å². The Kier molecular flexibility index (Phi) is 4.79. The van der Waals surface area contributed by atoms with Gasteiger partial charge in [-0.2, -0.15) is 0 Å². The zero-order valence-electron chi connectivity index (χ0n) is 12.0. The molecule has 0 fully saturated rings. The third-order valence-electron chi connectivity index (χ3n) is 3.60. The van der Waals surface area contributed by atoms with Gasteiger partial charge in [0.2, 0.25) is 0 Å². The summed E-state index contributed by atoms with van der Waals surface area (Å²) in [4.78, 5) is 0. The van der Waals surface area contributed by atoms with Crippen molar-refractivity contribution in [2.75, 3.05) is 0 Å². The minimum absolute atomic E-state index is 0.0522. The van der Waals surface area contributed by atoms with E-state index in [1.165, 1.54) is 17.2 Å². The topological polar surface area (TPSA) is 12.0 Å². The van der Waals surface area contributed by atoms with Crippen molar-refractivity contribution < 1.29 is 4.39 Å². The van der Waals surface area contributed by atoms with Crippen molar-refractivity contribution in [3.05, 3.63) is 70.0 Å². The Morgan fingerprint density at radius 2 is 1.75 bits per heavy atom. The predicted octanol–water partition coefficient (Wildman–Crippen LogP) is 5.20. The van der Waals surface area contributed by atoms with E-state index < -0.39 is 0 Å². The highest BCUT2D eigenvalue weighted by atomic mass is 35.5. The first-order valence-electron chi connectivity index (χ1n) is 6.75.